The molecule has 4 aliphatic rings. The van der Waals surface area contributed by atoms with E-state index in [1.807, 2.05) is 6.92 Å². The van der Waals surface area contributed by atoms with Crippen molar-refractivity contribution in [1.29, 1.82) is 0 Å². The molecule has 0 radical (unpaired) electrons. The summed E-state index contributed by atoms with van der Waals surface area (Å²) in [6, 6.07) is 0. The SMILES string of the molecule is CCCC(=O)O[C@H]1[C@@H]2[C@@H]3[C@@H](C[C@H]1C)[C@@H](C)CO[C@@]1(C)CC/C=C(/C)C[C@H]2O[C@H]31. The van der Waals surface area contributed by atoms with Gasteiger partial charge in [0.15, 0.2) is 0 Å². The van der Waals surface area contributed by atoms with Crippen molar-refractivity contribution in [1.82, 2.24) is 0 Å². The number of hydrogen-bond donors (Lipinski definition) is 0. The Kier molecular flexibility index (Phi) is 5.65. The number of ether oxygens (including phenoxy) is 3. The summed E-state index contributed by atoms with van der Waals surface area (Å²) >= 11 is 0. The molecule has 9 atom stereocenters. The van der Waals surface area contributed by atoms with Gasteiger partial charge in [0, 0.05) is 12.3 Å². The largest absolute Gasteiger partial charge is 0.462 e. The van der Waals surface area contributed by atoms with Gasteiger partial charge in [-0.25, -0.2) is 0 Å². The zero-order chi connectivity index (χ0) is 20.1. The van der Waals surface area contributed by atoms with Crippen LogP contribution in [0.2, 0.25) is 0 Å². The molecule has 4 rings (SSSR count). The molecule has 0 amide bonds. The smallest absolute Gasteiger partial charge is 0.306 e. The minimum absolute atomic E-state index is 0.0305. The molecule has 0 aromatic carbocycles. The Morgan fingerprint density at radius 2 is 2.07 bits per heavy atom. The van der Waals surface area contributed by atoms with E-state index in [0.717, 1.165) is 38.7 Å². The van der Waals surface area contributed by atoms with Crippen LogP contribution in [-0.4, -0.2) is 36.5 Å². The molecule has 3 aliphatic heterocycles. The van der Waals surface area contributed by atoms with E-state index in [0.29, 0.717) is 30.1 Å². The first-order valence-electron chi connectivity index (χ1n) is 11.5. The van der Waals surface area contributed by atoms with Crippen LogP contribution < -0.4 is 0 Å². The summed E-state index contributed by atoms with van der Waals surface area (Å²) in [6.07, 6.45) is 8.02. The fourth-order valence-corrected chi connectivity index (χ4v) is 6.56. The van der Waals surface area contributed by atoms with Gasteiger partial charge in [-0.3, -0.25) is 4.79 Å². The van der Waals surface area contributed by atoms with Crippen LogP contribution in [0, 0.1) is 29.6 Å². The highest BCUT2D eigenvalue weighted by Gasteiger charge is 2.62. The van der Waals surface area contributed by atoms with Crippen LogP contribution in [0.3, 0.4) is 0 Å². The van der Waals surface area contributed by atoms with Gasteiger partial charge >= 0.3 is 5.97 Å². The predicted octanol–water partition coefficient (Wildman–Crippen LogP) is 4.91. The molecule has 4 nitrogen and oxygen atoms in total. The minimum atomic E-state index is -0.250. The van der Waals surface area contributed by atoms with Crippen molar-refractivity contribution in [3.8, 4) is 0 Å². The van der Waals surface area contributed by atoms with Crippen LogP contribution in [0.5, 0.6) is 0 Å². The topological polar surface area (TPSA) is 44.8 Å². The predicted molar refractivity (Wildman–Crippen MR) is 109 cm³/mol. The maximum absolute atomic E-state index is 12.4. The molecule has 0 unspecified atom stereocenters. The summed E-state index contributed by atoms with van der Waals surface area (Å²) in [5.74, 6) is 2.14. The second-order valence-corrected chi connectivity index (χ2v) is 10.2. The van der Waals surface area contributed by atoms with Crippen molar-refractivity contribution in [2.45, 2.75) is 97.1 Å². The van der Waals surface area contributed by atoms with E-state index in [1.165, 1.54) is 5.57 Å². The quantitative estimate of drug-likeness (QED) is 0.507. The molecule has 3 heterocycles. The van der Waals surface area contributed by atoms with Gasteiger partial charge in [0.05, 0.1) is 24.4 Å². The lowest BCUT2D eigenvalue weighted by Gasteiger charge is -2.46. The standard InChI is InChI=1S/C24H38O4/c1-6-8-19(25)28-22-15(3)12-17-16(4)13-26-24(5)10-7-9-14(2)11-18-21(22)20(17)23(24)27-18/h9,15-18,20-23H,6-8,10-13H2,1-5H3/b14-9-/t15-,16+,17+,18-,20+,21+,22-,23-,24+/m1/s1. The summed E-state index contributed by atoms with van der Waals surface area (Å²) in [5.41, 5.74) is 1.15. The lowest BCUT2D eigenvalue weighted by atomic mass is 9.59. The zero-order valence-electron chi connectivity index (χ0n) is 18.3. The molecule has 4 heteroatoms. The highest BCUT2D eigenvalue weighted by atomic mass is 16.6. The molecule has 0 spiro atoms. The van der Waals surface area contributed by atoms with Gasteiger partial charge in [0.1, 0.15) is 6.10 Å². The van der Waals surface area contributed by atoms with Gasteiger partial charge in [-0.15, -0.1) is 0 Å². The maximum Gasteiger partial charge on any atom is 0.306 e. The average molecular weight is 391 g/mol. The van der Waals surface area contributed by atoms with Gasteiger partial charge in [-0.05, 0) is 69.6 Å². The van der Waals surface area contributed by atoms with Gasteiger partial charge < -0.3 is 14.2 Å². The van der Waals surface area contributed by atoms with Crippen LogP contribution in [0.15, 0.2) is 11.6 Å². The van der Waals surface area contributed by atoms with Gasteiger partial charge in [-0.1, -0.05) is 32.4 Å². The summed E-state index contributed by atoms with van der Waals surface area (Å²) in [6.45, 7) is 11.9. The monoisotopic (exact) mass is 390 g/mol. The maximum atomic E-state index is 12.4. The van der Waals surface area contributed by atoms with Crippen molar-refractivity contribution in [3.63, 3.8) is 0 Å². The summed E-state index contributed by atoms with van der Waals surface area (Å²) < 4.78 is 19.5. The van der Waals surface area contributed by atoms with E-state index in [9.17, 15) is 4.79 Å². The Morgan fingerprint density at radius 1 is 1.29 bits per heavy atom. The Balaban J connectivity index is 1.74. The van der Waals surface area contributed by atoms with E-state index in [2.05, 4.69) is 33.8 Å². The zero-order valence-corrected chi connectivity index (χ0v) is 18.3. The van der Waals surface area contributed by atoms with Crippen molar-refractivity contribution < 1.29 is 19.0 Å². The Labute approximate surface area is 170 Å². The van der Waals surface area contributed by atoms with Crippen LogP contribution in [0.1, 0.15) is 73.1 Å². The lowest BCUT2D eigenvalue weighted by molar-refractivity contribution is -0.163. The number of carbonyl (C=O) groups is 1. The first kappa shape index (κ1) is 20.4. The molecule has 0 aromatic heterocycles. The molecule has 1 saturated carbocycles. The Bertz CT molecular complexity index is 628. The van der Waals surface area contributed by atoms with Crippen molar-refractivity contribution in [2.24, 2.45) is 29.6 Å². The van der Waals surface area contributed by atoms with Crippen LogP contribution in [0.4, 0.5) is 0 Å². The van der Waals surface area contributed by atoms with E-state index >= 15 is 0 Å². The number of fused-ring (bicyclic) bond motifs is 2. The first-order valence-corrected chi connectivity index (χ1v) is 11.5. The Morgan fingerprint density at radius 3 is 2.82 bits per heavy atom. The van der Waals surface area contributed by atoms with E-state index in [1.54, 1.807) is 0 Å². The third-order valence-electron chi connectivity index (χ3n) is 8.01. The van der Waals surface area contributed by atoms with Gasteiger partial charge in [0.2, 0.25) is 0 Å². The summed E-state index contributed by atoms with van der Waals surface area (Å²) in [7, 11) is 0. The fourth-order valence-electron chi connectivity index (χ4n) is 6.56. The fraction of sp³-hybridized carbons (Fsp3) is 0.875. The summed E-state index contributed by atoms with van der Waals surface area (Å²) in [5, 5.41) is 0. The number of carbonyl (C=O) groups excluding carboxylic acids is 1. The number of rotatable bonds is 3. The summed E-state index contributed by atoms with van der Waals surface area (Å²) in [4.78, 5) is 12.4. The lowest BCUT2D eigenvalue weighted by Crippen LogP contribution is -2.52. The van der Waals surface area contributed by atoms with Gasteiger partial charge in [0.25, 0.3) is 0 Å². The Hall–Kier alpha value is -0.870. The van der Waals surface area contributed by atoms with E-state index < -0.39 is 0 Å². The molecule has 2 saturated heterocycles. The molecule has 0 aromatic rings. The number of allylic oxidation sites excluding steroid dienone is 1. The third-order valence-corrected chi connectivity index (χ3v) is 8.01. The molecular formula is C24H38O4. The minimum Gasteiger partial charge on any atom is -0.462 e. The molecule has 158 valence electrons. The number of esters is 1. The van der Waals surface area contributed by atoms with Crippen LogP contribution >= 0.6 is 0 Å². The van der Waals surface area contributed by atoms with Crippen LogP contribution in [0.25, 0.3) is 0 Å². The highest BCUT2D eigenvalue weighted by molar-refractivity contribution is 5.69. The second kappa shape index (κ2) is 7.75. The molecule has 1 aliphatic carbocycles. The van der Waals surface area contributed by atoms with Crippen molar-refractivity contribution in [2.75, 3.05) is 6.61 Å². The van der Waals surface area contributed by atoms with Crippen molar-refractivity contribution >= 4 is 5.97 Å². The molecule has 0 N–H and O–H groups in total. The van der Waals surface area contributed by atoms with E-state index in [-0.39, 0.29) is 35.8 Å². The van der Waals surface area contributed by atoms with Gasteiger partial charge in [-0.2, -0.15) is 0 Å². The third kappa shape index (κ3) is 3.45. The molecule has 2 bridgehead atoms. The molecule has 28 heavy (non-hydrogen) atoms. The van der Waals surface area contributed by atoms with Crippen molar-refractivity contribution in [3.05, 3.63) is 11.6 Å². The molecular weight excluding hydrogens is 352 g/mol. The average Bonchev–Trinajstić information content (AvgIpc) is 2.99. The number of hydrogen-bond acceptors (Lipinski definition) is 4. The van der Waals surface area contributed by atoms with E-state index in [4.69, 9.17) is 14.2 Å². The second-order valence-electron chi connectivity index (χ2n) is 10.2. The molecule has 3 fully saturated rings. The highest BCUT2D eigenvalue weighted by Crippen LogP contribution is 2.57. The first-order chi connectivity index (χ1) is 13.3. The van der Waals surface area contributed by atoms with Crippen LogP contribution in [-0.2, 0) is 19.0 Å². The normalized spacial score (nSPS) is 49.8.